The molecule has 0 saturated carbocycles. The van der Waals surface area contributed by atoms with Crippen molar-refractivity contribution in [2.75, 3.05) is 0 Å². The number of nitrogens with one attached hydrogen (secondary N) is 1. The Labute approximate surface area is 114 Å². The monoisotopic (exact) mass is 309 g/mol. The van der Waals surface area contributed by atoms with Crippen LogP contribution in [-0.2, 0) is 0 Å². The van der Waals surface area contributed by atoms with Gasteiger partial charge in [0.25, 0.3) is 5.91 Å². The van der Waals surface area contributed by atoms with Crippen molar-refractivity contribution >= 4 is 21.8 Å². The summed E-state index contributed by atoms with van der Waals surface area (Å²) in [5, 5.41) is 2.62. The molecule has 0 unspecified atom stereocenters. The number of hydrogen-bond donors (Lipinski definition) is 1. The fourth-order valence-corrected chi connectivity index (χ4v) is 1.81. The van der Waals surface area contributed by atoms with Crippen molar-refractivity contribution < 1.29 is 9.18 Å². The number of hydrogen-bond acceptors (Lipinski definition) is 1. The van der Waals surface area contributed by atoms with Crippen molar-refractivity contribution in [1.82, 2.24) is 5.32 Å². The van der Waals surface area contributed by atoms with E-state index in [0.717, 1.165) is 0 Å². The molecule has 0 spiro atoms. The van der Waals surface area contributed by atoms with Crippen molar-refractivity contribution in [3.8, 4) is 0 Å². The van der Waals surface area contributed by atoms with Crippen LogP contribution in [0.25, 0.3) is 0 Å². The number of halogens is 2. The lowest BCUT2D eigenvalue weighted by molar-refractivity contribution is 0.0962. The van der Waals surface area contributed by atoms with E-state index in [4.69, 9.17) is 0 Å². The molecule has 4 heteroatoms. The zero-order chi connectivity index (χ0) is 13.5. The van der Waals surface area contributed by atoms with Gasteiger partial charge in [-0.1, -0.05) is 30.9 Å². The number of rotatable bonds is 4. The van der Waals surface area contributed by atoms with Crippen LogP contribution in [-0.4, -0.2) is 5.91 Å². The lowest BCUT2D eigenvalue weighted by Crippen LogP contribution is -2.23. The van der Waals surface area contributed by atoms with Gasteiger partial charge in [-0.3, -0.25) is 4.79 Å². The van der Waals surface area contributed by atoms with Crippen molar-refractivity contribution in [2.45, 2.75) is 6.92 Å². The zero-order valence-corrected chi connectivity index (χ0v) is 11.5. The quantitative estimate of drug-likeness (QED) is 0.838. The summed E-state index contributed by atoms with van der Waals surface area (Å²) in [6.07, 6.45) is 6.67. The van der Waals surface area contributed by atoms with Crippen LogP contribution < -0.4 is 5.32 Å². The largest absolute Gasteiger partial charge is 0.322 e. The summed E-state index contributed by atoms with van der Waals surface area (Å²) in [6.45, 7) is 5.32. The van der Waals surface area contributed by atoms with Crippen molar-refractivity contribution in [3.63, 3.8) is 0 Å². The van der Waals surface area contributed by atoms with Crippen LogP contribution in [0.2, 0.25) is 0 Å². The summed E-state index contributed by atoms with van der Waals surface area (Å²) in [5.41, 5.74) is 0.568. The molecule has 0 fully saturated rings. The Morgan fingerprint density at radius 1 is 1.50 bits per heavy atom. The summed E-state index contributed by atoms with van der Waals surface area (Å²) in [5.74, 6) is -1.06. The smallest absolute Gasteiger partial charge is 0.259 e. The van der Waals surface area contributed by atoms with E-state index >= 15 is 0 Å². The Hall–Kier alpha value is -1.68. The highest BCUT2D eigenvalue weighted by molar-refractivity contribution is 9.10. The van der Waals surface area contributed by atoms with E-state index < -0.39 is 11.7 Å². The van der Waals surface area contributed by atoms with Crippen LogP contribution in [0.1, 0.15) is 17.3 Å². The van der Waals surface area contributed by atoms with Crippen LogP contribution in [0.15, 0.2) is 59.3 Å². The van der Waals surface area contributed by atoms with Gasteiger partial charge in [0, 0.05) is 10.2 Å². The first-order chi connectivity index (χ1) is 8.60. The Balaban J connectivity index is 2.95. The fourth-order valence-electron chi connectivity index (χ4n) is 1.29. The van der Waals surface area contributed by atoms with Crippen LogP contribution in [0.3, 0.4) is 0 Å². The molecule has 0 bridgehead atoms. The fraction of sp³-hybridized carbons (Fsp3) is 0.0714. The van der Waals surface area contributed by atoms with Gasteiger partial charge in [-0.25, -0.2) is 4.39 Å². The van der Waals surface area contributed by atoms with E-state index in [2.05, 4.69) is 27.8 Å². The van der Waals surface area contributed by atoms with E-state index in [1.54, 1.807) is 37.3 Å². The highest BCUT2D eigenvalue weighted by Gasteiger charge is 2.15. The van der Waals surface area contributed by atoms with Crippen LogP contribution in [0.5, 0.6) is 0 Å². The van der Waals surface area contributed by atoms with Crippen molar-refractivity contribution in [1.29, 1.82) is 0 Å². The van der Waals surface area contributed by atoms with Gasteiger partial charge < -0.3 is 5.32 Å². The number of benzene rings is 1. The lowest BCUT2D eigenvalue weighted by Gasteiger charge is -2.08. The lowest BCUT2D eigenvalue weighted by atomic mass is 10.2. The van der Waals surface area contributed by atoms with Gasteiger partial charge >= 0.3 is 0 Å². The van der Waals surface area contributed by atoms with Crippen molar-refractivity contribution in [3.05, 3.63) is 70.6 Å². The van der Waals surface area contributed by atoms with E-state index in [1.807, 2.05) is 0 Å². The van der Waals surface area contributed by atoms with Gasteiger partial charge in [0.1, 0.15) is 5.82 Å². The highest BCUT2D eigenvalue weighted by atomic mass is 79.9. The standard InChI is InChI=1S/C14H13BrFNO/c1-3-5-7-10(4-2)17-14(18)13-11(15)8-6-9-12(13)16/h3-9H,1H2,2H3,(H,17,18). The van der Waals surface area contributed by atoms with Gasteiger partial charge in [-0.2, -0.15) is 0 Å². The van der Waals surface area contributed by atoms with Crippen molar-refractivity contribution in [2.24, 2.45) is 0 Å². The van der Waals surface area contributed by atoms with Gasteiger partial charge in [-0.05, 0) is 41.1 Å². The first kappa shape index (κ1) is 14.4. The molecule has 1 rings (SSSR count). The molecule has 0 heterocycles. The van der Waals surface area contributed by atoms with Crippen LogP contribution in [0.4, 0.5) is 4.39 Å². The zero-order valence-electron chi connectivity index (χ0n) is 9.91. The second-order valence-corrected chi connectivity index (χ2v) is 4.24. The predicted octanol–water partition coefficient (Wildman–Crippen LogP) is 3.96. The molecule has 0 aliphatic rings. The van der Waals surface area contributed by atoms with Gasteiger partial charge in [0.2, 0.25) is 0 Å². The summed E-state index contributed by atoms with van der Waals surface area (Å²) in [6, 6.07) is 4.39. The van der Waals surface area contributed by atoms with E-state index in [0.29, 0.717) is 10.2 Å². The Kier molecular flexibility index (Phi) is 5.52. The molecule has 0 aliphatic heterocycles. The summed E-state index contributed by atoms with van der Waals surface area (Å²) >= 11 is 3.16. The SMILES string of the molecule is C=CC=CC(=CC)NC(=O)c1c(F)cccc1Br. The number of carbonyl (C=O) groups excluding carboxylic acids is 1. The third-order valence-electron chi connectivity index (χ3n) is 2.17. The molecular weight excluding hydrogens is 297 g/mol. The topological polar surface area (TPSA) is 29.1 Å². The molecule has 0 saturated heterocycles. The van der Waals surface area contributed by atoms with Gasteiger partial charge in [0.15, 0.2) is 0 Å². The molecule has 2 nitrogen and oxygen atoms in total. The Morgan fingerprint density at radius 3 is 2.78 bits per heavy atom. The summed E-state index contributed by atoms with van der Waals surface area (Å²) in [4.78, 5) is 11.9. The second-order valence-electron chi connectivity index (χ2n) is 3.39. The molecule has 1 aromatic rings. The normalized spacial score (nSPS) is 11.6. The van der Waals surface area contributed by atoms with Gasteiger partial charge in [0.05, 0.1) is 5.56 Å². The third-order valence-corrected chi connectivity index (χ3v) is 2.83. The maximum atomic E-state index is 13.6. The minimum atomic E-state index is -0.565. The molecule has 1 aromatic carbocycles. The second kappa shape index (κ2) is 6.91. The molecule has 0 radical (unpaired) electrons. The minimum Gasteiger partial charge on any atom is -0.322 e. The molecule has 1 amide bonds. The maximum absolute atomic E-state index is 13.6. The third kappa shape index (κ3) is 3.67. The summed E-state index contributed by atoms with van der Waals surface area (Å²) in [7, 11) is 0. The molecule has 18 heavy (non-hydrogen) atoms. The van der Waals surface area contributed by atoms with E-state index in [1.165, 1.54) is 12.1 Å². The van der Waals surface area contributed by atoms with Gasteiger partial charge in [-0.15, -0.1) is 0 Å². The molecule has 0 aliphatic carbocycles. The molecule has 0 atom stereocenters. The minimum absolute atomic E-state index is 0.0103. The molecule has 94 valence electrons. The molecule has 0 aromatic heterocycles. The van der Waals surface area contributed by atoms with E-state index in [9.17, 15) is 9.18 Å². The van der Waals surface area contributed by atoms with Crippen LogP contribution in [0, 0.1) is 5.82 Å². The predicted molar refractivity (Wildman–Crippen MR) is 74.7 cm³/mol. The average Bonchev–Trinajstić information content (AvgIpc) is 2.34. The Morgan fingerprint density at radius 2 is 2.22 bits per heavy atom. The first-order valence-corrected chi connectivity index (χ1v) is 6.10. The first-order valence-electron chi connectivity index (χ1n) is 5.31. The Bertz CT molecular complexity index is 500. The average molecular weight is 310 g/mol. The van der Waals surface area contributed by atoms with Crippen LogP contribution >= 0.6 is 15.9 Å². The maximum Gasteiger partial charge on any atom is 0.259 e. The van der Waals surface area contributed by atoms with E-state index in [-0.39, 0.29) is 5.56 Å². The molecular formula is C14H13BrFNO. The number of amides is 1. The highest BCUT2D eigenvalue weighted by Crippen LogP contribution is 2.19. The summed E-state index contributed by atoms with van der Waals surface area (Å²) < 4.78 is 14.0. The molecule has 1 N–H and O–H groups in total. The number of carbonyl (C=O) groups is 1. The number of allylic oxidation sites excluding steroid dienone is 4.